The zero-order valence-electron chi connectivity index (χ0n) is 8.93. The molecule has 0 saturated carbocycles. The number of hydrogen-bond donors (Lipinski definition) is 5. The number of guanidine groups is 1. The van der Waals surface area contributed by atoms with Gasteiger partial charge in [0.25, 0.3) is 0 Å². The largest absolute Gasteiger partial charge is 0.481 e. The standard InChI is InChI=1S/C4H9N3O2.C3H7NO2.H2O/c1-7(4(5)6)2-3(8)9;4-2-1-3(5)6;/h2H2,1H3,(H3,5,6)(H,8,9);1-2,4H2,(H,5,6);1H2. The normalized spacial score (nSPS) is 7.88. The minimum atomic E-state index is -0.993. The summed E-state index contributed by atoms with van der Waals surface area (Å²) in [5.41, 5.74) is 9.78. The Hall–Kier alpha value is -1.87. The van der Waals surface area contributed by atoms with Crippen LogP contribution in [0.3, 0.4) is 0 Å². The topological polar surface area (TPSA) is 185 Å². The van der Waals surface area contributed by atoms with Crippen molar-refractivity contribution < 1.29 is 25.3 Å². The van der Waals surface area contributed by atoms with Gasteiger partial charge in [-0.2, -0.15) is 0 Å². The van der Waals surface area contributed by atoms with E-state index in [0.717, 1.165) is 4.90 Å². The van der Waals surface area contributed by atoms with Crippen molar-refractivity contribution in [3.05, 3.63) is 0 Å². The first kappa shape index (κ1) is 19.7. The molecular weight excluding hydrogens is 220 g/mol. The predicted octanol–water partition coefficient (Wildman–Crippen LogP) is -2.51. The van der Waals surface area contributed by atoms with E-state index in [2.05, 4.69) is 0 Å². The van der Waals surface area contributed by atoms with Crippen LogP contribution in [0.2, 0.25) is 0 Å². The van der Waals surface area contributed by atoms with E-state index in [4.69, 9.17) is 27.1 Å². The number of nitrogens with one attached hydrogen (secondary N) is 1. The highest BCUT2D eigenvalue weighted by atomic mass is 16.4. The Balaban J connectivity index is -0.000000214. The second-order valence-corrected chi connectivity index (χ2v) is 2.57. The quantitative estimate of drug-likeness (QED) is 0.264. The molecule has 9 N–H and O–H groups in total. The lowest BCUT2D eigenvalue weighted by Crippen LogP contribution is -2.36. The van der Waals surface area contributed by atoms with Gasteiger partial charge in [-0.1, -0.05) is 0 Å². The van der Waals surface area contributed by atoms with E-state index in [1.54, 1.807) is 0 Å². The van der Waals surface area contributed by atoms with E-state index in [1.807, 2.05) is 0 Å². The summed E-state index contributed by atoms with van der Waals surface area (Å²) in [4.78, 5) is 20.6. The Labute approximate surface area is 92.5 Å². The van der Waals surface area contributed by atoms with E-state index in [9.17, 15) is 9.59 Å². The molecule has 0 radical (unpaired) electrons. The van der Waals surface area contributed by atoms with Crippen LogP contribution < -0.4 is 11.5 Å². The number of carboxylic acids is 2. The van der Waals surface area contributed by atoms with Crippen LogP contribution in [0.4, 0.5) is 0 Å². The third-order valence-corrected chi connectivity index (χ3v) is 1.14. The molecule has 16 heavy (non-hydrogen) atoms. The van der Waals surface area contributed by atoms with Crippen molar-refractivity contribution in [1.29, 1.82) is 5.41 Å². The lowest BCUT2D eigenvalue weighted by molar-refractivity contribution is -0.138. The first-order valence-electron chi connectivity index (χ1n) is 4.00. The van der Waals surface area contributed by atoms with Crippen LogP contribution in [0, 0.1) is 5.41 Å². The van der Waals surface area contributed by atoms with Gasteiger partial charge in [0.15, 0.2) is 5.96 Å². The van der Waals surface area contributed by atoms with E-state index < -0.39 is 11.9 Å². The van der Waals surface area contributed by atoms with Crippen molar-refractivity contribution in [3.63, 3.8) is 0 Å². The first-order chi connectivity index (χ1) is 6.81. The Morgan fingerprint density at radius 1 is 1.31 bits per heavy atom. The maximum atomic E-state index is 9.92. The summed E-state index contributed by atoms with van der Waals surface area (Å²) < 4.78 is 0. The summed E-state index contributed by atoms with van der Waals surface area (Å²) in [5.74, 6) is -2.07. The van der Waals surface area contributed by atoms with Crippen LogP contribution in [0.1, 0.15) is 6.42 Å². The number of carboxylic acid groups (broad SMARTS) is 2. The lowest BCUT2D eigenvalue weighted by atomic mass is 10.5. The second kappa shape index (κ2) is 11.2. The smallest absolute Gasteiger partial charge is 0.323 e. The van der Waals surface area contributed by atoms with Crippen molar-refractivity contribution in [1.82, 2.24) is 4.90 Å². The number of nitrogens with two attached hydrogens (primary N) is 2. The maximum Gasteiger partial charge on any atom is 0.323 e. The van der Waals surface area contributed by atoms with Gasteiger partial charge in [-0.25, -0.2) is 0 Å². The van der Waals surface area contributed by atoms with Gasteiger partial charge in [-0.3, -0.25) is 15.0 Å². The fraction of sp³-hybridized carbons (Fsp3) is 0.571. The van der Waals surface area contributed by atoms with Crippen molar-refractivity contribution >= 4 is 17.9 Å². The highest BCUT2D eigenvalue weighted by Gasteiger charge is 2.03. The van der Waals surface area contributed by atoms with Crippen molar-refractivity contribution in [3.8, 4) is 0 Å². The molecular formula is C7H18N4O5. The molecule has 9 heteroatoms. The molecule has 0 unspecified atom stereocenters. The average Bonchev–Trinajstić information content (AvgIpc) is 2.03. The third-order valence-electron chi connectivity index (χ3n) is 1.14. The summed E-state index contributed by atoms with van der Waals surface area (Å²) in [6.45, 7) is 0.00463. The second-order valence-electron chi connectivity index (χ2n) is 2.57. The Morgan fingerprint density at radius 2 is 1.75 bits per heavy atom. The molecule has 96 valence electrons. The Kier molecular flexibility index (Phi) is 13.8. The predicted molar refractivity (Wildman–Crippen MR) is 57.1 cm³/mol. The van der Waals surface area contributed by atoms with Gasteiger partial charge in [0.2, 0.25) is 0 Å². The van der Waals surface area contributed by atoms with Crippen molar-refractivity contribution in [2.24, 2.45) is 11.5 Å². The number of likely N-dealkylation sites (N-methyl/N-ethyl adjacent to an activating group) is 1. The maximum absolute atomic E-state index is 9.92. The molecule has 0 fully saturated rings. The molecule has 0 aromatic heterocycles. The number of aliphatic carboxylic acids is 2. The highest BCUT2D eigenvalue weighted by molar-refractivity contribution is 5.79. The van der Waals surface area contributed by atoms with E-state index in [1.165, 1.54) is 7.05 Å². The third kappa shape index (κ3) is 18.0. The molecule has 0 bridgehead atoms. The molecule has 0 heterocycles. The summed E-state index contributed by atoms with van der Waals surface area (Å²) in [5, 5.41) is 22.7. The summed E-state index contributed by atoms with van der Waals surface area (Å²) >= 11 is 0. The summed E-state index contributed by atoms with van der Waals surface area (Å²) in [7, 11) is 1.44. The molecule has 0 saturated heterocycles. The van der Waals surface area contributed by atoms with Gasteiger partial charge in [-0.15, -0.1) is 0 Å². The number of carbonyl (C=O) groups is 2. The molecule has 0 spiro atoms. The van der Waals surface area contributed by atoms with Crippen LogP contribution in [0.25, 0.3) is 0 Å². The van der Waals surface area contributed by atoms with Crippen LogP contribution in [0.15, 0.2) is 0 Å². The zero-order chi connectivity index (χ0) is 12.4. The Morgan fingerprint density at radius 3 is 1.81 bits per heavy atom. The van der Waals surface area contributed by atoms with Gasteiger partial charge < -0.3 is 32.1 Å². The van der Waals surface area contributed by atoms with E-state index in [0.29, 0.717) is 0 Å². The molecule has 0 aliphatic carbocycles. The number of rotatable bonds is 4. The highest BCUT2D eigenvalue weighted by Crippen LogP contribution is 1.76. The fourth-order valence-corrected chi connectivity index (χ4v) is 0.412. The van der Waals surface area contributed by atoms with Gasteiger partial charge in [0.05, 0.1) is 6.42 Å². The van der Waals surface area contributed by atoms with Gasteiger partial charge in [0.1, 0.15) is 6.54 Å². The Bertz CT molecular complexity index is 233. The molecule has 0 aliphatic heterocycles. The minimum absolute atomic E-state index is 0. The lowest BCUT2D eigenvalue weighted by Gasteiger charge is -2.12. The molecule has 0 rings (SSSR count). The minimum Gasteiger partial charge on any atom is -0.481 e. The summed E-state index contributed by atoms with van der Waals surface area (Å²) in [6, 6.07) is 0. The molecule has 9 nitrogen and oxygen atoms in total. The van der Waals surface area contributed by atoms with Crippen LogP contribution in [0.5, 0.6) is 0 Å². The van der Waals surface area contributed by atoms with Crippen LogP contribution in [-0.2, 0) is 9.59 Å². The SMILES string of the molecule is CN(CC(=O)O)C(=N)N.NCCC(=O)O.O. The average molecular weight is 238 g/mol. The van der Waals surface area contributed by atoms with E-state index >= 15 is 0 Å². The monoisotopic (exact) mass is 238 g/mol. The number of hydrogen-bond acceptors (Lipinski definition) is 4. The molecule has 0 aromatic carbocycles. The van der Waals surface area contributed by atoms with Crippen molar-refractivity contribution in [2.75, 3.05) is 20.1 Å². The summed E-state index contributed by atoms with van der Waals surface area (Å²) in [6.07, 6.45) is 0.0694. The van der Waals surface area contributed by atoms with Crippen molar-refractivity contribution in [2.45, 2.75) is 6.42 Å². The van der Waals surface area contributed by atoms with E-state index in [-0.39, 0.29) is 30.9 Å². The van der Waals surface area contributed by atoms with Crippen LogP contribution >= 0.6 is 0 Å². The van der Waals surface area contributed by atoms with Crippen LogP contribution in [-0.4, -0.2) is 58.6 Å². The first-order valence-corrected chi connectivity index (χ1v) is 4.00. The van der Waals surface area contributed by atoms with Gasteiger partial charge >= 0.3 is 11.9 Å². The zero-order valence-corrected chi connectivity index (χ0v) is 8.93. The molecule has 0 amide bonds. The molecule has 0 atom stereocenters. The van der Waals surface area contributed by atoms with Gasteiger partial charge in [-0.05, 0) is 0 Å². The number of nitrogens with zero attached hydrogens (tertiary/aromatic N) is 1. The molecule has 0 aliphatic rings. The van der Waals surface area contributed by atoms with Gasteiger partial charge in [0, 0.05) is 13.6 Å². The molecule has 0 aromatic rings. The fourth-order valence-electron chi connectivity index (χ4n) is 0.412.